The van der Waals surface area contributed by atoms with Crippen molar-refractivity contribution in [3.63, 3.8) is 0 Å². The van der Waals surface area contributed by atoms with Crippen molar-refractivity contribution in [3.05, 3.63) is 35.4 Å². The van der Waals surface area contributed by atoms with Crippen LogP contribution in [0.4, 0.5) is 0 Å². The zero-order valence-corrected chi connectivity index (χ0v) is 17.9. The standard InChI is InChI=1S/C23H37N5O/c1-24-23(25-14-13-22(29)27-21-7-3-4-8-21)26-17-19-9-11-20(12-10-19)18-28-15-5-2-6-16-28/h9-12,21H,2-8,13-18H2,1H3,(H,27,29)(H2,24,25,26). The Hall–Kier alpha value is -2.08. The minimum absolute atomic E-state index is 0.129. The first-order chi connectivity index (χ1) is 14.2. The summed E-state index contributed by atoms with van der Waals surface area (Å²) >= 11 is 0. The average molecular weight is 400 g/mol. The van der Waals surface area contributed by atoms with Crippen LogP contribution in [0.5, 0.6) is 0 Å². The van der Waals surface area contributed by atoms with Crippen LogP contribution >= 0.6 is 0 Å². The Kier molecular flexibility index (Phi) is 8.81. The van der Waals surface area contributed by atoms with Gasteiger partial charge in [0, 0.05) is 39.1 Å². The van der Waals surface area contributed by atoms with E-state index in [0.29, 0.717) is 19.0 Å². The molecule has 160 valence electrons. The lowest BCUT2D eigenvalue weighted by molar-refractivity contribution is -0.121. The Labute approximate surface area is 175 Å². The van der Waals surface area contributed by atoms with Crippen molar-refractivity contribution in [1.82, 2.24) is 20.9 Å². The molecule has 2 aliphatic rings. The van der Waals surface area contributed by atoms with Gasteiger partial charge in [-0.05, 0) is 49.9 Å². The Bertz CT molecular complexity index is 646. The number of hydrogen-bond acceptors (Lipinski definition) is 3. The van der Waals surface area contributed by atoms with E-state index in [1.54, 1.807) is 7.05 Å². The van der Waals surface area contributed by atoms with Gasteiger partial charge in [-0.15, -0.1) is 0 Å². The van der Waals surface area contributed by atoms with Crippen LogP contribution in [0.2, 0.25) is 0 Å². The summed E-state index contributed by atoms with van der Waals surface area (Å²) in [4.78, 5) is 18.8. The summed E-state index contributed by atoms with van der Waals surface area (Å²) in [5.41, 5.74) is 2.61. The molecule has 0 atom stereocenters. The highest BCUT2D eigenvalue weighted by Crippen LogP contribution is 2.17. The highest BCUT2D eigenvalue weighted by Gasteiger charge is 2.16. The molecular formula is C23H37N5O. The van der Waals surface area contributed by atoms with Crippen molar-refractivity contribution in [3.8, 4) is 0 Å². The van der Waals surface area contributed by atoms with Gasteiger partial charge in [0.05, 0.1) is 0 Å². The van der Waals surface area contributed by atoms with E-state index in [1.165, 1.54) is 56.3 Å². The van der Waals surface area contributed by atoms with Crippen molar-refractivity contribution >= 4 is 11.9 Å². The maximum absolute atomic E-state index is 12.0. The Morgan fingerprint density at radius 3 is 2.38 bits per heavy atom. The SMILES string of the molecule is CN=C(NCCC(=O)NC1CCCC1)NCc1ccc(CN2CCCCC2)cc1. The van der Waals surface area contributed by atoms with E-state index >= 15 is 0 Å². The summed E-state index contributed by atoms with van der Waals surface area (Å²) in [6.45, 7) is 4.82. The van der Waals surface area contributed by atoms with E-state index in [9.17, 15) is 4.79 Å². The van der Waals surface area contributed by atoms with Gasteiger partial charge in [-0.25, -0.2) is 0 Å². The van der Waals surface area contributed by atoms with Gasteiger partial charge in [-0.3, -0.25) is 14.7 Å². The van der Waals surface area contributed by atoms with E-state index in [1.807, 2.05) is 0 Å². The second kappa shape index (κ2) is 11.8. The molecule has 29 heavy (non-hydrogen) atoms. The number of amides is 1. The lowest BCUT2D eigenvalue weighted by Crippen LogP contribution is -2.40. The van der Waals surface area contributed by atoms with E-state index in [-0.39, 0.29) is 5.91 Å². The topological polar surface area (TPSA) is 68.8 Å². The van der Waals surface area contributed by atoms with Crippen LogP contribution in [0.25, 0.3) is 0 Å². The molecule has 0 spiro atoms. The number of aliphatic imine (C=N–C) groups is 1. The van der Waals surface area contributed by atoms with E-state index < -0.39 is 0 Å². The second-order valence-corrected chi connectivity index (χ2v) is 8.30. The highest BCUT2D eigenvalue weighted by atomic mass is 16.1. The summed E-state index contributed by atoms with van der Waals surface area (Å²) in [5, 5.41) is 9.68. The van der Waals surface area contributed by atoms with E-state index in [4.69, 9.17) is 0 Å². The fourth-order valence-corrected chi connectivity index (χ4v) is 4.21. The number of guanidine groups is 1. The van der Waals surface area contributed by atoms with Crippen molar-refractivity contribution in [1.29, 1.82) is 0 Å². The third-order valence-electron chi connectivity index (χ3n) is 5.93. The molecule has 6 nitrogen and oxygen atoms in total. The summed E-state index contributed by atoms with van der Waals surface area (Å²) < 4.78 is 0. The van der Waals surface area contributed by atoms with Crippen LogP contribution in [0.3, 0.4) is 0 Å². The molecule has 6 heteroatoms. The van der Waals surface area contributed by atoms with Crippen molar-refractivity contribution in [2.24, 2.45) is 4.99 Å². The minimum atomic E-state index is 0.129. The molecule has 2 fully saturated rings. The summed E-state index contributed by atoms with van der Waals surface area (Å²) in [6.07, 6.45) is 9.23. The van der Waals surface area contributed by atoms with Gasteiger partial charge in [-0.1, -0.05) is 43.5 Å². The predicted molar refractivity (Wildman–Crippen MR) is 119 cm³/mol. The zero-order chi connectivity index (χ0) is 20.3. The van der Waals surface area contributed by atoms with Crippen LogP contribution in [0.1, 0.15) is 62.5 Å². The summed E-state index contributed by atoms with van der Waals surface area (Å²) in [7, 11) is 1.76. The van der Waals surface area contributed by atoms with Crippen LogP contribution in [-0.4, -0.2) is 49.5 Å². The van der Waals surface area contributed by atoms with Gasteiger partial charge in [0.25, 0.3) is 0 Å². The molecule has 1 saturated carbocycles. The van der Waals surface area contributed by atoms with Gasteiger partial charge in [0.15, 0.2) is 5.96 Å². The van der Waals surface area contributed by atoms with Crippen LogP contribution in [0.15, 0.2) is 29.3 Å². The zero-order valence-electron chi connectivity index (χ0n) is 17.9. The number of hydrogen-bond donors (Lipinski definition) is 3. The summed E-state index contributed by atoms with van der Waals surface area (Å²) in [5.74, 6) is 0.861. The number of piperidine rings is 1. The second-order valence-electron chi connectivity index (χ2n) is 8.30. The van der Waals surface area contributed by atoms with Crippen LogP contribution < -0.4 is 16.0 Å². The van der Waals surface area contributed by atoms with Crippen molar-refractivity contribution in [2.75, 3.05) is 26.7 Å². The fourth-order valence-electron chi connectivity index (χ4n) is 4.21. The van der Waals surface area contributed by atoms with Gasteiger partial charge in [-0.2, -0.15) is 0 Å². The molecule has 0 unspecified atom stereocenters. The van der Waals surface area contributed by atoms with E-state index in [2.05, 4.69) is 50.1 Å². The van der Waals surface area contributed by atoms with Crippen molar-refractivity contribution < 1.29 is 4.79 Å². The molecule has 0 bridgehead atoms. The average Bonchev–Trinajstić information content (AvgIpc) is 3.25. The number of likely N-dealkylation sites (tertiary alicyclic amines) is 1. The highest BCUT2D eigenvalue weighted by molar-refractivity contribution is 5.81. The predicted octanol–water partition coefficient (Wildman–Crippen LogP) is 2.79. The maximum Gasteiger partial charge on any atom is 0.221 e. The van der Waals surface area contributed by atoms with Crippen LogP contribution in [0, 0.1) is 0 Å². The Morgan fingerprint density at radius 2 is 1.69 bits per heavy atom. The van der Waals surface area contributed by atoms with Gasteiger partial charge in [0.2, 0.25) is 5.91 Å². The Morgan fingerprint density at radius 1 is 1.00 bits per heavy atom. The number of carbonyl (C=O) groups excluding carboxylic acids is 1. The van der Waals surface area contributed by atoms with E-state index in [0.717, 1.165) is 31.9 Å². The maximum atomic E-state index is 12.0. The molecule has 1 amide bonds. The number of carbonyl (C=O) groups is 1. The quantitative estimate of drug-likeness (QED) is 0.464. The number of rotatable bonds is 8. The molecule has 1 heterocycles. The largest absolute Gasteiger partial charge is 0.356 e. The molecule has 3 N–H and O–H groups in total. The minimum Gasteiger partial charge on any atom is -0.356 e. The molecule has 1 aliphatic heterocycles. The first-order valence-corrected chi connectivity index (χ1v) is 11.3. The summed E-state index contributed by atoms with van der Waals surface area (Å²) in [6, 6.07) is 9.23. The molecule has 1 aromatic carbocycles. The van der Waals surface area contributed by atoms with Gasteiger partial charge < -0.3 is 16.0 Å². The molecule has 0 aromatic heterocycles. The molecule has 3 rings (SSSR count). The molecule has 1 aromatic rings. The third-order valence-corrected chi connectivity index (χ3v) is 5.93. The third kappa shape index (κ3) is 7.69. The smallest absolute Gasteiger partial charge is 0.221 e. The monoisotopic (exact) mass is 399 g/mol. The molecule has 0 radical (unpaired) electrons. The lowest BCUT2D eigenvalue weighted by Gasteiger charge is -2.26. The van der Waals surface area contributed by atoms with Crippen molar-refractivity contribution in [2.45, 2.75) is 70.5 Å². The molecular weight excluding hydrogens is 362 g/mol. The normalized spacial score (nSPS) is 18.6. The fraction of sp³-hybridized carbons (Fsp3) is 0.652. The molecule has 1 aliphatic carbocycles. The van der Waals surface area contributed by atoms with Crippen LogP contribution in [-0.2, 0) is 17.9 Å². The number of benzene rings is 1. The lowest BCUT2D eigenvalue weighted by atomic mass is 10.1. The molecule has 1 saturated heterocycles. The van der Waals surface area contributed by atoms with Gasteiger partial charge >= 0.3 is 0 Å². The van der Waals surface area contributed by atoms with Gasteiger partial charge in [0.1, 0.15) is 0 Å². The number of nitrogens with zero attached hydrogens (tertiary/aromatic N) is 2. The Balaban J connectivity index is 1.33. The first-order valence-electron chi connectivity index (χ1n) is 11.3. The first kappa shape index (κ1) is 21.6. The number of nitrogens with one attached hydrogen (secondary N) is 3.